The van der Waals surface area contributed by atoms with Crippen molar-refractivity contribution in [2.45, 2.75) is 12.4 Å². The third-order valence-corrected chi connectivity index (χ3v) is 5.22. The first-order valence-corrected chi connectivity index (χ1v) is 8.38. The Morgan fingerprint density at radius 3 is 2.61 bits per heavy atom. The number of anilines is 1. The van der Waals surface area contributed by atoms with Crippen molar-refractivity contribution in [2.24, 2.45) is 0 Å². The van der Waals surface area contributed by atoms with E-state index < -0.39 is 0 Å². The SMILES string of the molecule is CN(Cc1cc(Br)cs1)c1ccc(CCl)cc1Br. The van der Waals surface area contributed by atoms with Gasteiger partial charge in [-0.2, -0.15) is 0 Å². The number of nitrogens with zero attached hydrogens (tertiary/aromatic N) is 1. The molecule has 0 amide bonds. The Morgan fingerprint density at radius 1 is 1.28 bits per heavy atom. The van der Waals surface area contributed by atoms with E-state index in [1.165, 1.54) is 10.6 Å². The minimum Gasteiger partial charge on any atom is -0.369 e. The lowest BCUT2D eigenvalue weighted by Crippen LogP contribution is -2.16. The normalized spacial score (nSPS) is 10.7. The summed E-state index contributed by atoms with van der Waals surface area (Å²) in [4.78, 5) is 3.55. The van der Waals surface area contributed by atoms with Gasteiger partial charge in [-0.3, -0.25) is 0 Å². The molecule has 0 saturated carbocycles. The summed E-state index contributed by atoms with van der Waals surface area (Å²) in [6.45, 7) is 0.898. The molecule has 0 radical (unpaired) electrons. The Hall–Kier alpha value is -0.0300. The van der Waals surface area contributed by atoms with E-state index in [9.17, 15) is 0 Å². The molecule has 96 valence electrons. The Bertz CT molecular complexity index is 542. The molecule has 1 aromatic heterocycles. The van der Waals surface area contributed by atoms with E-state index in [1.807, 2.05) is 0 Å². The van der Waals surface area contributed by atoms with E-state index in [2.05, 4.69) is 73.5 Å². The zero-order valence-corrected chi connectivity index (χ0v) is 14.5. The summed E-state index contributed by atoms with van der Waals surface area (Å²) >= 11 is 14.7. The molecule has 2 aromatic rings. The first kappa shape index (κ1) is 14.4. The van der Waals surface area contributed by atoms with Gasteiger partial charge in [-0.15, -0.1) is 22.9 Å². The zero-order chi connectivity index (χ0) is 13.1. The Balaban J connectivity index is 2.15. The highest BCUT2D eigenvalue weighted by Gasteiger charge is 2.08. The molecule has 18 heavy (non-hydrogen) atoms. The van der Waals surface area contributed by atoms with Crippen LogP contribution in [0.3, 0.4) is 0 Å². The molecule has 0 aliphatic rings. The molecule has 0 atom stereocenters. The molecule has 5 heteroatoms. The molecule has 0 aliphatic heterocycles. The highest BCUT2D eigenvalue weighted by Crippen LogP contribution is 2.29. The van der Waals surface area contributed by atoms with E-state index in [0.717, 1.165) is 21.1 Å². The van der Waals surface area contributed by atoms with Crippen LogP contribution < -0.4 is 4.90 Å². The zero-order valence-electron chi connectivity index (χ0n) is 9.79. The predicted octanol–water partition coefficient (Wildman–Crippen LogP) is 5.65. The minimum absolute atomic E-state index is 0.542. The third-order valence-electron chi connectivity index (χ3n) is 2.59. The monoisotopic (exact) mass is 407 g/mol. The number of hydrogen-bond donors (Lipinski definition) is 0. The molecule has 0 spiro atoms. The highest BCUT2D eigenvalue weighted by molar-refractivity contribution is 9.10. The van der Waals surface area contributed by atoms with Gasteiger partial charge in [0.25, 0.3) is 0 Å². The minimum atomic E-state index is 0.542. The van der Waals surface area contributed by atoms with E-state index in [-0.39, 0.29) is 0 Å². The maximum absolute atomic E-state index is 5.83. The maximum Gasteiger partial charge on any atom is 0.0520 e. The lowest BCUT2D eigenvalue weighted by atomic mass is 10.2. The average Bonchev–Trinajstić information content (AvgIpc) is 2.74. The first-order valence-electron chi connectivity index (χ1n) is 5.38. The molecule has 1 nitrogen and oxygen atoms in total. The number of rotatable bonds is 4. The van der Waals surface area contributed by atoms with Crippen molar-refractivity contribution in [3.63, 3.8) is 0 Å². The second-order valence-corrected chi connectivity index (χ2v) is 7.04. The van der Waals surface area contributed by atoms with Crippen LogP contribution in [0.25, 0.3) is 0 Å². The van der Waals surface area contributed by atoms with E-state index in [1.54, 1.807) is 11.3 Å². The highest BCUT2D eigenvalue weighted by atomic mass is 79.9. The molecule has 0 N–H and O–H groups in total. The lowest BCUT2D eigenvalue weighted by molar-refractivity contribution is 0.936. The number of alkyl halides is 1. The summed E-state index contributed by atoms with van der Waals surface area (Å²) in [6.07, 6.45) is 0. The maximum atomic E-state index is 5.83. The molecule has 2 rings (SSSR count). The fourth-order valence-electron chi connectivity index (χ4n) is 1.70. The molecule has 0 aliphatic carbocycles. The molecule has 0 fully saturated rings. The van der Waals surface area contributed by atoms with Crippen LogP contribution in [-0.2, 0) is 12.4 Å². The van der Waals surface area contributed by atoms with Crippen LogP contribution in [0.15, 0.2) is 38.6 Å². The van der Waals surface area contributed by atoms with Crippen molar-refractivity contribution >= 4 is 60.5 Å². The molecule has 0 saturated heterocycles. The molecular formula is C13H12Br2ClNS. The molecule has 1 heterocycles. The van der Waals surface area contributed by atoms with Crippen molar-refractivity contribution in [2.75, 3.05) is 11.9 Å². The number of benzene rings is 1. The van der Waals surface area contributed by atoms with Gasteiger partial charge in [-0.1, -0.05) is 6.07 Å². The standard InChI is InChI=1S/C13H12Br2ClNS/c1-17(7-11-5-10(14)8-18-11)13-3-2-9(6-16)4-12(13)15/h2-5,8H,6-7H2,1H3. The number of thiophene rings is 1. The quantitative estimate of drug-likeness (QED) is 0.590. The lowest BCUT2D eigenvalue weighted by Gasteiger charge is -2.20. The van der Waals surface area contributed by atoms with E-state index >= 15 is 0 Å². The van der Waals surface area contributed by atoms with Crippen molar-refractivity contribution < 1.29 is 0 Å². The van der Waals surface area contributed by atoms with E-state index in [4.69, 9.17) is 11.6 Å². The molecule has 0 unspecified atom stereocenters. The Labute approximate surface area is 133 Å². The first-order chi connectivity index (χ1) is 8.60. The van der Waals surface area contributed by atoms with Crippen molar-refractivity contribution in [1.29, 1.82) is 0 Å². The van der Waals surface area contributed by atoms with Crippen LogP contribution in [0.5, 0.6) is 0 Å². The van der Waals surface area contributed by atoms with Gasteiger partial charge in [-0.25, -0.2) is 0 Å². The van der Waals surface area contributed by atoms with Gasteiger partial charge in [0.2, 0.25) is 0 Å². The van der Waals surface area contributed by atoms with Crippen molar-refractivity contribution in [3.8, 4) is 0 Å². The number of halogens is 3. The smallest absolute Gasteiger partial charge is 0.0520 e. The Kier molecular flexibility index (Phi) is 5.13. The van der Waals surface area contributed by atoms with Crippen LogP contribution in [0.4, 0.5) is 5.69 Å². The van der Waals surface area contributed by atoms with Gasteiger partial charge >= 0.3 is 0 Å². The Morgan fingerprint density at radius 2 is 2.06 bits per heavy atom. The van der Waals surface area contributed by atoms with Crippen LogP contribution >= 0.6 is 54.8 Å². The largest absolute Gasteiger partial charge is 0.369 e. The average molecular weight is 410 g/mol. The van der Waals surface area contributed by atoms with Gasteiger partial charge in [0.1, 0.15) is 0 Å². The fraction of sp³-hybridized carbons (Fsp3) is 0.231. The van der Waals surface area contributed by atoms with Gasteiger partial charge in [0, 0.05) is 32.1 Å². The summed E-state index contributed by atoms with van der Waals surface area (Å²) in [5.74, 6) is 0.542. The van der Waals surface area contributed by atoms with Crippen LogP contribution in [0.2, 0.25) is 0 Å². The molecule has 0 bridgehead atoms. The van der Waals surface area contributed by atoms with Crippen LogP contribution in [0.1, 0.15) is 10.4 Å². The fourth-order valence-corrected chi connectivity index (χ4v) is 4.10. The summed E-state index contributed by atoms with van der Waals surface area (Å²) in [5.41, 5.74) is 2.30. The van der Waals surface area contributed by atoms with Gasteiger partial charge < -0.3 is 4.90 Å². The third kappa shape index (κ3) is 3.50. The second-order valence-electron chi connectivity index (χ2n) is 4.01. The number of hydrogen-bond acceptors (Lipinski definition) is 2. The van der Waals surface area contributed by atoms with Gasteiger partial charge in [0.15, 0.2) is 0 Å². The van der Waals surface area contributed by atoms with Crippen LogP contribution in [0, 0.1) is 0 Å². The van der Waals surface area contributed by atoms with Crippen molar-refractivity contribution in [1.82, 2.24) is 0 Å². The summed E-state index contributed by atoms with van der Waals surface area (Å²) in [5, 5.41) is 2.11. The summed E-state index contributed by atoms with van der Waals surface area (Å²) < 4.78 is 2.23. The predicted molar refractivity (Wildman–Crippen MR) is 87.8 cm³/mol. The molecular weight excluding hydrogens is 397 g/mol. The molecule has 1 aromatic carbocycles. The van der Waals surface area contributed by atoms with Gasteiger partial charge in [-0.05, 0) is 55.6 Å². The second kappa shape index (κ2) is 6.42. The van der Waals surface area contributed by atoms with Gasteiger partial charge in [0.05, 0.1) is 12.2 Å². The summed E-state index contributed by atoms with van der Waals surface area (Å²) in [6, 6.07) is 8.39. The summed E-state index contributed by atoms with van der Waals surface area (Å²) in [7, 11) is 2.09. The topological polar surface area (TPSA) is 3.24 Å². The van der Waals surface area contributed by atoms with E-state index in [0.29, 0.717) is 5.88 Å². The van der Waals surface area contributed by atoms with Crippen LogP contribution in [-0.4, -0.2) is 7.05 Å². The van der Waals surface area contributed by atoms with Crippen molar-refractivity contribution in [3.05, 3.63) is 49.0 Å².